The number of methoxy groups -OCH3 is 1. The summed E-state index contributed by atoms with van der Waals surface area (Å²) in [6.07, 6.45) is 0.619. The predicted octanol–water partition coefficient (Wildman–Crippen LogP) is 2.96. The standard InChI is InChI=1S/C23H22ClN3O5/c1-30-18-5-3-15(24)21-22(18)26-16-6-7-27(11-14(16)23(21)29)12-20(28)25-13-2-4-17-19(10-13)32-9-8-31-17/h2-5,10H,6-9,11-12H2,1H3,(H,25,28)(H,26,29). The monoisotopic (exact) mass is 455 g/mol. The quantitative estimate of drug-likeness (QED) is 0.628. The minimum Gasteiger partial charge on any atom is -0.495 e. The number of nitrogens with zero attached hydrogens (tertiary/aromatic N) is 1. The molecule has 0 aliphatic carbocycles. The van der Waals surface area contributed by atoms with Gasteiger partial charge < -0.3 is 24.5 Å². The van der Waals surface area contributed by atoms with Gasteiger partial charge in [0.05, 0.1) is 29.6 Å². The Morgan fingerprint density at radius 2 is 2.03 bits per heavy atom. The van der Waals surface area contributed by atoms with E-state index in [0.717, 1.165) is 5.69 Å². The third kappa shape index (κ3) is 3.76. The van der Waals surface area contributed by atoms with Crippen molar-refractivity contribution in [2.75, 3.05) is 38.7 Å². The van der Waals surface area contributed by atoms with Gasteiger partial charge in [0.1, 0.15) is 19.0 Å². The van der Waals surface area contributed by atoms with Crippen molar-refractivity contribution >= 4 is 34.1 Å². The van der Waals surface area contributed by atoms with Gasteiger partial charge in [-0.25, -0.2) is 0 Å². The van der Waals surface area contributed by atoms with Gasteiger partial charge in [-0.3, -0.25) is 14.5 Å². The number of hydrogen-bond donors (Lipinski definition) is 2. The number of carbonyl (C=O) groups is 1. The number of aromatic amines is 1. The number of pyridine rings is 1. The van der Waals surface area contributed by atoms with Gasteiger partial charge in [-0.05, 0) is 24.3 Å². The van der Waals surface area contributed by atoms with E-state index in [9.17, 15) is 9.59 Å². The van der Waals surface area contributed by atoms with Crippen molar-refractivity contribution in [3.05, 3.63) is 56.8 Å². The van der Waals surface area contributed by atoms with Gasteiger partial charge in [-0.2, -0.15) is 0 Å². The fourth-order valence-electron chi connectivity index (χ4n) is 4.20. The molecule has 2 N–H and O–H groups in total. The molecule has 8 nitrogen and oxygen atoms in total. The van der Waals surface area contributed by atoms with E-state index in [1.54, 1.807) is 37.4 Å². The summed E-state index contributed by atoms with van der Waals surface area (Å²) in [6.45, 7) is 2.17. The molecular formula is C23H22ClN3O5. The summed E-state index contributed by atoms with van der Waals surface area (Å²) in [7, 11) is 1.56. The van der Waals surface area contributed by atoms with Gasteiger partial charge in [0.2, 0.25) is 5.91 Å². The first-order valence-corrected chi connectivity index (χ1v) is 10.7. The van der Waals surface area contributed by atoms with Crippen LogP contribution in [0.5, 0.6) is 17.2 Å². The van der Waals surface area contributed by atoms with Crippen LogP contribution in [0, 0.1) is 0 Å². The first-order chi connectivity index (χ1) is 15.5. The lowest BCUT2D eigenvalue weighted by Crippen LogP contribution is -2.39. The Morgan fingerprint density at radius 3 is 2.84 bits per heavy atom. The minimum absolute atomic E-state index is 0.130. The zero-order valence-electron chi connectivity index (χ0n) is 17.5. The number of hydrogen-bond acceptors (Lipinski definition) is 6. The van der Waals surface area contributed by atoms with Crippen molar-refractivity contribution < 1.29 is 19.0 Å². The average Bonchev–Trinajstić information content (AvgIpc) is 2.79. The van der Waals surface area contributed by atoms with E-state index in [1.165, 1.54) is 0 Å². The minimum atomic E-state index is -0.165. The molecule has 0 fully saturated rings. The molecule has 1 amide bonds. The van der Waals surface area contributed by atoms with E-state index >= 15 is 0 Å². The highest BCUT2D eigenvalue weighted by molar-refractivity contribution is 6.35. The number of anilines is 1. The fraction of sp³-hybridized carbons (Fsp3) is 0.304. The Hall–Kier alpha value is -3.23. The van der Waals surface area contributed by atoms with Crippen LogP contribution in [0.4, 0.5) is 5.69 Å². The molecule has 0 spiro atoms. The van der Waals surface area contributed by atoms with Crippen LogP contribution < -0.4 is 25.0 Å². The lowest BCUT2D eigenvalue weighted by atomic mass is 10.0. The number of H-pyrrole nitrogens is 1. The second-order valence-electron chi connectivity index (χ2n) is 7.78. The largest absolute Gasteiger partial charge is 0.495 e. The second-order valence-corrected chi connectivity index (χ2v) is 8.19. The van der Waals surface area contributed by atoms with Crippen LogP contribution in [0.3, 0.4) is 0 Å². The predicted molar refractivity (Wildman–Crippen MR) is 121 cm³/mol. The van der Waals surface area contributed by atoms with Crippen molar-refractivity contribution in [3.8, 4) is 17.2 Å². The average molecular weight is 456 g/mol. The molecule has 0 saturated carbocycles. The summed E-state index contributed by atoms with van der Waals surface area (Å²) >= 11 is 6.32. The number of nitrogens with one attached hydrogen (secondary N) is 2. The highest BCUT2D eigenvalue weighted by atomic mass is 35.5. The topological polar surface area (TPSA) is 92.9 Å². The van der Waals surface area contributed by atoms with Crippen molar-refractivity contribution in [2.24, 2.45) is 0 Å². The van der Waals surface area contributed by atoms with Crippen LogP contribution in [0.25, 0.3) is 10.9 Å². The molecule has 3 heterocycles. The number of ether oxygens (including phenoxy) is 3. The lowest BCUT2D eigenvalue weighted by Gasteiger charge is -2.28. The van der Waals surface area contributed by atoms with Crippen LogP contribution in [-0.4, -0.2) is 49.2 Å². The summed E-state index contributed by atoms with van der Waals surface area (Å²) in [5.74, 6) is 1.70. The Balaban J connectivity index is 1.33. The van der Waals surface area contributed by atoms with Gasteiger partial charge in [0.25, 0.3) is 0 Å². The van der Waals surface area contributed by atoms with Crippen molar-refractivity contribution in [1.82, 2.24) is 9.88 Å². The van der Waals surface area contributed by atoms with Gasteiger partial charge in [0.15, 0.2) is 16.9 Å². The number of aromatic nitrogens is 1. The molecule has 166 valence electrons. The van der Waals surface area contributed by atoms with Gasteiger partial charge in [-0.1, -0.05) is 11.6 Å². The lowest BCUT2D eigenvalue weighted by molar-refractivity contribution is -0.117. The molecule has 2 aliphatic heterocycles. The maximum absolute atomic E-state index is 13.2. The number of carbonyl (C=O) groups excluding carboxylic acids is 1. The summed E-state index contributed by atoms with van der Waals surface area (Å²) in [5.41, 5.74) is 2.60. The first-order valence-electron chi connectivity index (χ1n) is 10.4. The molecule has 9 heteroatoms. The van der Waals surface area contributed by atoms with E-state index in [-0.39, 0.29) is 17.9 Å². The number of fused-ring (bicyclic) bond motifs is 3. The van der Waals surface area contributed by atoms with E-state index < -0.39 is 0 Å². The molecule has 2 aromatic carbocycles. The summed E-state index contributed by atoms with van der Waals surface area (Å²) < 4.78 is 16.5. The Bertz CT molecular complexity index is 1270. The van der Waals surface area contributed by atoms with Crippen LogP contribution in [-0.2, 0) is 17.8 Å². The van der Waals surface area contributed by atoms with Crippen LogP contribution in [0.15, 0.2) is 35.1 Å². The Labute approximate surface area is 189 Å². The van der Waals surface area contributed by atoms with E-state index in [1.807, 2.05) is 4.90 Å². The second kappa shape index (κ2) is 8.37. The van der Waals surface area contributed by atoms with Crippen LogP contribution in [0.1, 0.15) is 11.3 Å². The van der Waals surface area contributed by atoms with E-state index in [2.05, 4.69) is 10.3 Å². The summed E-state index contributed by atoms with van der Waals surface area (Å²) in [5, 5.41) is 3.68. The third-order valence-corrected chi connectivity index (χ3v) is 6.05. The molecule has 0 radical (unpaired) electrons. The van der Waals surface area contributed by atoms with Crippen LogP contribution >= 0.6 is 11.6 Å². The molecule has 2 aliphatic rings. The molecular weight excluding hydrogens is 434 g/mol. The zero-order valence-corrected chi connectivity index (χ0v) is 18.3. The number of amides is 1. The van der Waals surface area contributed by atoms with Crippen molar-refractivity contribution in [1.29, 1.82) is 0 Å². The van der Waals surface area contributed by atoms with E-state index in [0.29, 0.717) is 77.1 Å². The maximum Gasteiger partial charge on any atom is 0.238 e. The fourth-order valence-corrected chi connectivity index (χ4v) is 4.44. The van der Waals surface area contributed by atoms with E-state index in [4.69, 9.17) is 25.8 Å². The molecule has 0 unspecified atom stereocenters. The maximum atomic E-state index is 13.2. The first kappa shape index (κ1) is 20.7. The van der Waals surface area contributed by atoms with Gasteiger partial charge >= 0.3 is 0 Å². The summed E-state index contributed by atoms with van der Waals surface area (Å²) in [4.78, 5) is 31.1. The zero-order chi connectivity index (χ0) is 22.2. The van der Waals surface area contributed by atoms with Crippen molar-refractivity contribution in [2.45, 2.75) is 13.0 Å². The third-order valence-electron chi connectivity index (χ3n) is 5.73. The van der Waals surface area contributed by atoms with Gasteiger partial charge in [-0.15, -0.1) is 0 Å². The molecule has 0 bridgehead atoms. The highest BCUT2D eigenvalue weighted by Gasteiger charge is 2.24. The SMILES string of the molecule is COc1ccc(Cl)c2c(=O)c3c([nH]c12)CCN(CC(=O)Nc1ccc2c(c1)OCCO2)C3. The highest BCUT2D eigenvalue weighted by Crippen LogP contribution is 2.33. The molecule has 32 heavy (non-hydrogen) atoms. The summed E-state index contributed by atoms with van der Waals surface area (Å²) in [6, 6.07) is 8.72. The Kier molecular flexibility index (Phi) is 5.40. The molecule has 3 aromatic rings. The number of benzene rings is 2. The van der Waals surface area contributed by atoms with Gasteiger partial charge in [0, 0.05) is 42.5 Å². The Morgan fingerprint density at radius 1 is 1.22 bits per heavy atom. The van der Waals surface area contributed by atoms with Crippen LogP contribution in [0.2, 0.25) is 5.02 Å². The molecule has 1 aromatic heterocycles. The molecule has 5 rings (SSSR count). The number of halogens is 1. The molecule has 0 atom stereocenters. The van der Waals surface area contributed by atoms with Crippen molar-refractivity contribution in [3.63, 3.8) is 0 Å². The molecule has 0 saturated heterocycles. The normalized spacial score (nSPS) is 15.3. The number of rotatable bonds is 4. The smallest absolute Gasteiger partial charge is 0.238 e.